The highest BCUT2D eigenvalue weighted by Gasteiger charge is 2.25. The van der Waals surface area contributed by atoms with Crippen LogP contribution in [-0.4, -0.2) is 25.4 Å². The number of allylic oxidation sites excluding steroid dienone is 1. The standard InChI is InChI=1S/C16H20O3S/c1-4-19-16(17)15-11(2)9-13(10-20-15)12-5-7-14(18-3)8-6-12/h5-8,13H,4,9-10H2,1-3H3. The first-order valence-corrected chi connectivity index (χ1v) is 7.77. The van der Waals surface area contributed by atoms with E-state index in [2.05, 4.69) is 12.1 Å². The summed E-state index contributed by atoms with van der Waals surface area (Å²) in [5.74, 6) is 2.06. The highest BCUT2D eigenvalue weighted by molar-refractivity contribution is 8.04. The molecule has 0 fully saturated rings. The molecule has 1 aliphatic heterocycles. The van der Waals surface area contributed by atoms with Gasteiger partial charge in [0.15, 0.2) is 0 Å². The van der Waals surface area contributed by atoms with E-state index in [1.165, 1.54) is 5.56 Å². The average molecular weight is 292 g/mol. The van der Waals surface area contributed by atoms with Crippen LogP contribution in [0, 0.1) is 0 Å². The van der Waals surface area contributed by atoms with Crippen LogP contribution in [0.5, 0.6) is 5.75 Å². The van der Waals surface area contributed by atoms with Gasteiger partial charge in [-0.2, -0.15) is 0 Å². The average Bonchev–Trinajstić information content (AvgIpc) is 2.47. The largest absolute Gasteiger partial charge is 0.497 e. The van der Waals surface area contributed by atoms with E-state index in [0.29, 0.717) is 12.5 Å². The maximum absolute atomic E-state index is 11.8. The molecular weight excluding hydrogens is 272 g/mol. The zero-order valence-corrected chi connectivity index (χ0v) is 13.0. The Kier molecular flexibility index (Phi) is 5.12. The molecule has 1 aromatic carbocycles. The number of hydrogen-bond donors (Lipinski definition) is 0. The molecule has 20 heavy (non-hydrogen) atoms. The van der Waals surface area contributed by atoms with E-state index in [9.17, 15) is 4.79 Å². The first-order chi connectivity index (χ1) is 9.65. The van der Waals surface area contributed by atoms with E-state index in [1.54, 1.807) is 18.9 Å². The number of rotatable bonds is 4. The molecule has 108 valence electrons. The van der Waals surface area contributed by atoms with Crippen LogP contribution in [0.1, 0.15) is 31.7 Å². The molecule has 0 N–H and O–H groups in total. The molecule has 0 radical (unpaired) electrons. The molecule has 1 aromatic rings. The SMILES string of the molecule is CCOC(=O)C1=C(C)CC(c2ccc(OC)cc2)CS1. The molecule has 0 aliphatic carbocycles. The van der Waals surface area contributed by atoms with Crippen LogP contribution in [0.15, 0.2) is 34.7 Å². The third-order valence-electron chi connectivity index (χ3n) is 3.42. The number of thioether (sulfide) groups is 1. The second kappa shape index (κ2) is 6.84. The molecule has 1 aliphatic rings. The van der Waals surface area contributed by atoms with E-state index >= 15 is 0 Å². The lowest BCUT2D eigenvalue weighted by molar-refractivity contribution is -0.137. The maximum Gasteiger partial charge on any atom is 0.344 e. The van der Waals surface area contributed by atoms with Gasteiger partial charge in [0.1, 0.15) is 5.75 Å². The van der Waals surface area contributed by atoms with Gasteiger partial charge in [-0.15, -0.1) is 11.8 Å². The number of hydrogen-bond acceptors (Lipinski definition) is 4. The lowest BCUT2D eigenvalue weighted by atomic mass is 9.93. The third kappa shape index (κ3) is 3.37. The minimum absolute atomic E-state index is 0.178. The highest BCUT2D eigenvalue weighted by Crippen LogP contribution is 2.39. The monoisotopic (exact) mass is 292 g/mol. The molecule has 2 rings (SSSR count). The summed E-state index contributed by atoms with van der Waals surface area (Å²) in [5, 5.41) is 0. The number of benzene rings is 1. The fourth-order valence-corrected chi connectivity index (χ4v) is 3.53. The molecule has 3 nitrogen and oxygen atoms in total. The third-order valence-corrected chi connectivity index (χ3v) is 4.79. The van der Waals surface area contributed by atoms with Gasteiger partial charge in [0.05, 0.1) is 18.6 Å². The fraction of sp³-hybridized carbons (Fsp3) is 0.438. The molecule has 4 heteroatoms. The summed E-state index contributed by atoms with van der Waals surface area (Å²) in [5.41, 5.74) is 2.42. The molecule has 0 bridgehead atoms. The van der Waals surface area contributed by atoms with E-state index in [4.69, 9.17) is 9.47 Å². The Bertz CT molecular complexity index is 505. The van der Waals surface area contributed by atoms with Crippen LogP contribution in [0.4, 0.5) is 0 Å². The van der Waals surface area contributed by atoms with E-state index in [0.717, 1.165) is 28.4 Å². The normalized spacial score (nSPS) is 18.9. The van der Waals surface area contributed by atoms with Gasteiger partial charge in [-0.25, -0.2) is 4.79 Å². The van der Waals surface area contributed by atoms with Gasteiger partial charge in [-0.1, -0.05) is 17.7 Å². The smallest absolute Gasteiger partial charge is 0.344 e. The first kappa shape index (κ1) is 15.0. The summed E-state index contributed by atoms with van der Waals surface area (Å²) >= 11 is 1.61. The van der Waals surface area contributed by atoms with Crippen molar-refractivity contribution < 1.29 is 14.3 Å². The molecule has 1 atom stereocenters. The van der Waals surface area contributed by atoms with Crippen LogP contribution in [0.2, 0.25) is 0 Å². The van der Waals surface area contributed by atoms with Crippen molar-refractivity contribution >= 4 is 17.7 Å². The molecule has 0 aromatic heterocycles. The Hall–Kier alpha value is -1.42. The number of carbonyl (C=O) groups is 1. The number of methoxy groups -OCH3 is 1. The van der Waals surface area contributed by atoms with Crippen molar-refractivity contribution in [2.75, 3.05) is 19.5 Å². The van der Waals surface area contributed by atoms with Crippen molar-refractivity contribution in [3.8, 4) is 5.75 Å². The summed E-state index contributed by atoms with van der Waals surface area (Å²) in [6.45, 7) is 4.29. The van der Waals surface area contributed by atoms with Gasteiger partial charge in [-0.3, -0.25) is 0 Å². The maximum atomic E-state index is 11.8. The lowest BCUT2D eigenvalue weighted by Crippen LogP contribution is -2.15. The van der Waals surface area contributed by atoms with E-state index < -0.39 is 0 Å². The molecule has 1 unspecified atom stereocenters. The predicted molar refractivity (Wildman–Crippen MR) is 82.1 cm³/mol. The summed E-state index contributed by atoms with van der Waals surface area (Å²) < 4.78 is 10.3. The van der Waals surface area contributed by atoms with Crippen molar-refractivity contribution in [3.05, 3.63) is 40.3 Å². The first-order valence-electron chi connectivity index (χ1n) is 6.79. The summed E-state index contributed by atoms with van der Waals surface area (Å²) in [6.07, 6.45) is 0.910. The van der Waals surface area contributed by atoms with Crippen LogP contribution in [0.3, 0.4) is 0 Å². The fourth-order valence-electron chi connectivity index (χ4n) is 2.35. The highest BCUT2D eigenvalue weighted by atomic mass is 32.2. The quantitative estimate of drug-likeness (QED) is 0.792. The Morgan fingerprint density at radius 2 is 2.05 bits per heavy atom. The second-order valence-corrected chi connectivity index (χ2v) is 5.85. The van der Waals surface area contributed by atoms with Gasteiger partial charge in [0.2, 0.25) is 0 Å². The van der Waals surface area contributed by atoms with Crippen LogP contribution >= 0.6 is 11.8 Å². The number of carbonyl (C=O) groups excluding carboxylic acids is 1. The van der Waals surface area contributed by atoms with Gasteiger partial charge >= 0.3 is 5.97 Å². The number of ether oxygens (including phenoxy) is 2. The Balaban J connectivity index is 2.09. The van der Waals surface area contributed by atoms with Crippen molar-refractivity contribution in [1.29, 1.82) is 0 Å². The minimum atomic E-state index is -0.178. The Labute approximate surface area is 124 Å². The van der Waals surface area contributed by atoms with Gasteiger partial charge in [0.25, 0.3) is 0 Å². The van der Waals surface area contributed by atoms with Crippen molar-refractivity contribution in [2.24, 2.45) is 0 Å². The van der Waals surface area contributed by atoms with E-state index in [1.807, 2.05) is 26.0 Å². The van der Waals surface area contributed by atoms with Gasteiger partial charge in [0, 0.05) is 5.75 Å². The summed E-state index contributed by atoms with van der Waals surface area (Å²) in [4.78, 5) is 12.6. The van der Waals surface area contributed by atoms with Crippen LogP contribution < -0.4 is 4.74 Å². The molecule has 0 saturated carbocycles. The minimum Gasteiger partial charge on any atom is -0.497 e. The van der Waals surface area contributed by atoms with Gasteiger partial charge in [-0.05, 0) is 43.9 Å². The van der Waals surface area contributed by atoms with Crippen LogP contribution in [-0.2, 0) is 9.53 Å². The topological polar surface area (TPSA) is 35.5 Å². The molecule has 0 spiro atoms. The molecular formula is C16H20O3S. The second-order valence-electron chi connectivity index (χ2n) is 4.82. The Morgan fingerprint density at radius 3 is 2.60 bits per heavy atom. The predicted octanol–water partition coefficient (Wildman–Crippen LogP) is 3.75. The van der Waals surface area contributed by atoms with Crippen molar-refractivity contribution in [3.63, 3.8) is 0 Å². The van der Waals surface area contributed by atoms with E-state index in [-0.39, 0.29) is 5.97 Å². The van der Waals surface area contributed by atoms with Crippen LogP contribution in [0.25, 0.3) is 0 Å². The van der Waals surface area contributed by atoms with Crippen molar-refractivity contribution in [1.82, 2.24) is 0 Å². The molecule has 1 heterocycles. The zero-order valence-electron chi connectivity index (χ0n) is 12.1. The molecule has 0 saturated heterocycles. The van der Waals surface area contributed by atoms with Crippen molar-refractivity contribution in [2.45, 2.75) is 26.2 Å². The molecule has 0 amide bonds. The van der Waals surface area contributed by atoms with Gasteiger partial charge < -0.3 is 9.47 Å². The summed E-state index contributed by atoms with van der Waals surface area (Å²) in [6, 6.07) is 8.18. The number of esters is 1. The Morgan fingerprint density at radius 1 is 1.35 bits per heavy atom. The summed E-state index contributed by atoms with van der Waals surface area (Å²) in [7, 11) is 1.67. The zero-order chi connectivity index (χ0) is 14.5. The lowest BCUT2D eigenvalue weighted by Gasteiger charge is -2.24.